The molecule has 0 aliphatic carbocycles. The first-order valence-corrected chi connectivity index (χ1v) is 7.32. The average Bonchev–Trinajstić information content (AvgIpc) is 2.70. The van der Waals surface area contributed by atoms with Crippen LogP contribution in [0.3, 0.4) is 0 Å². The van der Waals surface area contributed by atoms with Crippen LogP contribution in [0.5, 0.6) is 0 Å². The maximum absolute atomic E-state index is 11.9. The molecular weight excluding hydrogens is 254 g/mol. The molecule has 2 aromatic rings. The van der Waals surface area contributed by atoms with Gasteiger partial charge in [0.2, 0.25) is 0 Å². The smallest absolute Gasteiger partial charge is 0.408 e. The lowest BCUT2D eigenvalue weighted by Gasteiger charge is -2.38. The summed E-state index contributed by atoms with van der Waals surface area (Å²) < 4.78 is 7.01. The van der Waals surface area contributed by atoms with Crippen LogP contribution >= 0.6 is 0 Å². The predicted octanol–water partition coefficient (Wildman–Crippen LogP) is 1.28. The normalized spacial score (nSPS) is 15.9. The van der Waals surface area contributed by atoms with Gasteiger partial charge in [-0.05, 0) is 25.1 Å². The predicted molar refractivity (Wildman–Crippen MR) is 79.0 cm³/mol. The van der Waals surface area contributed by atoms with Crippen molar-refractivity contribution in [3.63, 3.8) is 0 Å². The van der Waals surface area contributed by atoms with E-state index in [1.54, 1.807) is 4.57 Å². The van der Waals surface area contributed by atoms with Crippen molar-refractivity contribution in [1.82, 2.24) is 14.8 Å². The molecule has 0 saturated carbocycles. The van der Waals surface area contributed by atoms with Gasteiger partial charge in [-0.3, -0.25) is 9.47 Å². The van der Waals surface area contributed by atoms with E-state index < -0.39 is 0 Å². The molecule has 1 aromatic heterocycles. The molecule has 0 bridgehead atoms. The molecule has 0 radical (unpaired) electrons. The molecule has 1 saturated heterocycles. The maximum Gasteiger partial charge on any atom is 0.419 e. The van der Waals surface area contributed by atoms with Crippen molar-refractivity contribution >= 4 is 11.1 Å². The van der Waals surface area contributed by atoms with Gasteiger partial charge < -0.3 is 9.73 Å². The Morgan fingerprint density at radius 3 is 2.85 bits per heavy atom. The fraction of sp³-hybridized carbons (Fsp3) is 0.533. The maximum atomic E-state index is 11.9. The van der Waals surface area contributed by atoms with Crippen molar-refractivity contribution in [1.29, 1.82) is 0 Å². The standard InChI is InChI=1S/C15H21N3O2/c1-2-7-17(12-10-16-11-12)8-9-18-13-5-3-4-6-14(13)20-15(18)19/h3-6,12,16H,2,7-11H2,1H3. The minimum absolute atomic E-state index is 0.255. The Morgan fingerprint density at radius 2 is 2.15 bits per heavy atom. The summed E-state index contributed by atoms with van der Waals surface area (Å²) in [5.41, 5.74) is 1.56. The number of hydrogen-bond donors (Lipinski definition) is 1. The monoisotopic (exact) mass is 275 g/mol. The Hall–Kier alpha value is -1.59. The van der Waals surface area contributed by atoms with Crippen LogP contribution in [-0.4, -0.2) is 41.7 Å². The first kappa shape index (κ1) is 13.4. The van der Waals surface area contributed by atoms with Gasteiger partial charge in [-0.25, -0.2) is 4.79 Å². The molecule has 0 atom stereocenters. The minimum Gasteiger partial charge on any atom is -0.408 e. The van der Waals surface area contributed by atoms with E-state index in [1.165, 1.54) is 0 Å². The van der Waals surface area contributed by atoms with E-state index in [4.69, 9.17) is 4.42 Å². The average molecular weight is 275 g/mol. The third kappa shape index (κ3) is 2.51. The van der Waals surface area contributed by atoms with E-state index in [2.05, 4.69) is 17.1 Å². The minimum atomic E-state index is -0.255. The fourth-order valence-corrected chi connectivity index (χ4v) is 2.75. The highest BCUT2D eigenvalue weighted by atomic mass is 16.4. The first-order valence-electron chi connectivity index (χ1n) is 7.32. The van der Waals surface area contributed by atoms with Crippen molar-refractivity contribution in [3.8, 4) is 0 Å². The van der Waals surface area contributed by atoms with Crippen molar-refractivity contribution in [3.05, 3.63) is 34.8 Å². The van der Waals surface area contributed by atoms with Gasteiger partial charge in [-0.1, -0.05) is 19.1 Å². The van der Waals surface area contributed by atoms with Crippen molar-refractivity contribution in [2.45, 2.75) is 25.9 Å². The zero-order valence-corrected chi connectivity index (χ0v) is 11.8. The van der Waals surface area contributed by atoms with E-state index >= 15 is 0 Å². The van der Waals surface area contributed by atoms with Crippen molar-refractivity contribution < 1.29 is 4.42 Å². The van der Waals surface area contributed by atoms with Gasteiger partial charge >= 0.3 is 5.76 Å². The van der Waals surface area contributed by atoms with Gasteiger partial charge in [0.1, 0.15) is 0 Å². The molecular formula is C15H21N3O2. The van der Waals surface area contributed by atoms with E-state index in [1.807, 2.05) is 24.3 Å². The number of nitrogens with one attached hydrogen (secondary N) is 1. The van der Waals surface area contributed by atoms with Crippen LogP contribution in [0.25, 0.3) is 11.1 Å². The SMILES string of the molecule is CCCN(CCn1c(=O)oc2ccccc21)C1CNC1. The first-order chi connectivity index (χ1) is 9.79. The molecule has 1 aliphatic heterocycles. The van der Waals surface area contributed by atoms with E-state index in [0.29, 0.717) is 18.2 Å². The highest BCUT2D eigenvalue weighted by Gasteiger charge is 2.23. The van der Waals surface area contributed by atoms with Crippen LogP contribution < -0.4 is 11.1 Å². The quantitative estimate of drug-likeness (QED) is 0.863. The Labute approximate surface area is 118 Å². The van der Waals surface area contributed by atoms with Gasteiger partial charge in [0.25, 0.3) is 0 Å². The van der Waals surface area contributed by atoms with Crippen molar-refractivity contribution in [2.75, 3.05) is 26.2 Å². The number of nitrogens with zero attached hydrogens (tertiary/aromatic N) is 2. The van der Waals surface area contributed by atoms with Gasteiger partial charge in [0.15, 0.2) is 5.58 Å². The number of rotatable bonds is 6. The second-order valence-corrected chi connectivity index (χ2v) is 5.34. The number of fused-ring (bicyclic) bond motifs is 1. The lowest BCUT2D eigenvalue weighted by Crippen LogP contribution is -2.57. The second-order valence-electron chi connectivity index (χ2n) is 5.34. The van der Waals surface area contributed by atoms with Crippen LogP contribution in [0.1, 0.15) is 13.3 Å². The lowest BCUT2D eigenvalue weighted by atomic mass is 10.1. The van der Waals surface area contributed by atoms with Crippen LogP contribution in [0.2, 0.25) is 0 Å². The van der Waals surface area contributed by atoms with Gasteiger partial charge in [0, 0.05) is 32.2 Å². The molecule has 0 spiro atoms. The Kier molecular flexibility index (Phi) is 3.89. The summed E-state index contributed by atoms with van der Waals surface area (Å²) in [6.45, 7) is 6.97. The lowest BCUT2D eigenvalue weighted by molar-refractivity contribution is 0.140. The van der Waals surface area contributed by atoms with Crippen LogP contribution in [-0.2, 0) is 6.54 Å². The topological polar surface area (TPSA) is 50.4 Å². The molecule has 2 heterocycles. The number of benzene rings is 1. The largest absolute Gasteiger partial charge is 0.419 e. The van der Waals surface area contributed by atoms with Crippen LogP contribution in [0.4, 0.5) is 0 Å². The molecule has 3 rings (SSSR count). The van der Waals surface area contributed by atoms with Crippen LogP contribution in [0.15, 0.2) is 33.5 Å². The number of hydrogen-bond acceptors (Lipinski definition) is 4. The zero-order valence-electron chi connectivity index (χ0n) is 11.8. The summed E-state index contributed by atoms with van der Waals surface area (Å²) in [6, 6.07) is 8.22. The van der Waals surface area contributed by atoms with Gasteiger partial charge in [0.05, 0.1) is 5.52 Å². The highest BCUT2D eigenvalue weighted by molar-refractivity contribution is 5.72. The molecule has 5 nitrogen and oxygen atoms in total. The summed E-state index contributed by atoms with van der Waals surface area (Å²) in [5, 5.41) is 3.31. The summed E-state index contributed by atoms with van der Waals surface area (Å²) >= 11 is 0. The third-order valence-corrected chi connectivity index (χ3v) is 3.97. The molecule has 0 unspecified atom stereocenters. The van der Waals surface area contributed by atoms with Crippen LogP contribution in [0, 0.1) is 0 Å². The molecule has 20 heavy (non-hydrogen) atoms. The number of oxazole rings is 1. The fourth-order valence-electron chi connectivity index (χ4n) is 2.75. The summed E-state index contributed by atoms with van der Waals surface area (Å²) in [5.74, 6) is -0.255. The molecule has 5 heteroatoms. The Morgan fingerprint density at radius 1 is 1.35 bits per heavy atom. The third-order valence-electron chi connectivity index (χ3n) is 3.97. The summed E-state index contributed by atoms with van der Waals surface area (Å²) in [6.07, 6.45) is 1.14. The molecule has 108 valence electrons. The van der Waals surface area contributed by atoms with Gasteiger partial charge in [-0.15, -0.1) is 0 Å². The van der Waals surface area contributed by atoms with Crippen molar-refractivity contribution in [2.24, 2.45) is 0 Å². The molecule has 1 fully saturated rings. The highest BCUT2D eigenvalue weighted by Crippen LogP contribution is 2.12. The van der Waals surface area contributed by atoms with E-state index in [-0.39, 0.29) is 5.76 Å². The molecule has 1 aromatic carbocycles. The van der Waals surface area contributed by atoms with E-state index in [9.17, 15) is 4.79 Å². The Balaban J connectivity index is 1.75. The Bertz CT molecular complexity index is 627. The number of para-hydroxylation sites is 2. The zero-order chi connectivity index (χ0) is 13.9. The second kappa shape index (κ2) is 5.81. The molecule has 0 amide bonds. The van der Waals surface area contributed by atoms with E-state index in [0.717, 1.165) is 38.1 Å². The summed E-state index contributed by atoms with van der Waals surface area (Å²) in [4.78, 5) is 14.4. The van der Waals surface area contributed by atoms with Gasteiger partial charge in [-0.2, -0.15) is 0 Å². The molecule has 1 aliphatic rings. The number of aromatic nitrogens is 1. The summed E-state index contributed by atoms with van der Waals surface area (Å²) in [7, 11) is 0. The molecule has 1 N–H and O–H groups in total.